The smallest absolute Gasteiger partial charge is 0.214 e. The van der Waals surface area contributed by atoms with Gasteiger partial charge >= 0.3 is 0 Å². The van der Waals surface area contributed by atoms with Gasteiger partial charge in [-0.05, 0) is 19.3 Å². The van der Waals surface area contributed by atoms with Crippen LogP contribution in [0.25, 0.3) is 0 Å². The highest BCUT2D eigenvalue weighted by molar-refractivity contribution is 6.01. The first-order chi connectivity index (χ1) is 6.69. The summed E-state index contributed by atoms with van der Waals surface area (Å²) in [7, 11) is 3.29. The normalized spacial score (nSPS) is 19.0. The van der Waals surface area contributed by atoms with Crippen LogP contribution in [0.4, 0.5) is 0 Å². The van der Waals surface area contributed by atoms with E-state index in [1.165, 1.54) is 10.9 Å². The maximum atomic E-state index is 12.0. The van der Waals surface area contributed by atoms with Gasteiger partial charge in [-0.15, -0.1) is 5.10 Å². The summed E-state index contributed by atoms with van der Waals surface area (Å²) >= 11 is 0. The van der Waals surface area contributed by atoms with E-state index >= 15 is 0 Å². The van der Waals surface area contributed by atoms with Gasteiger partial charge in [-0.25, -0.2) is 4.68 Å². The first-order valence-corrected chi connectivity index (χ1v) is 4.64. The molecule has 5 nitrogen and oxygen atoms in total. The summed E-state index contributed by atoms with van der Waals surface area (Å²) in [4.78, 5) is 12.0. The lowest BCUT2D eigenvalue weighted by molar-refractivity contribution is -0.0454. The number of methoxy groups -OCH3 is 1. The Morgan fingerprint density at radius 3 is 2.71 bits per heavy atom. The summed E-state index contributed by atoms with van der Waals surface area (Å²) in [6, 6.07) is 0. The maximum Gasteiger partial charge on any atom is 0.214 e. The number of nitrogens with zero attached hydrogens (tertiary/aromatic N) is 3. The van der Waals surface area contributed by atoms with E-state index in [2.05, 4.69) is 10.3 Å². The Hall–Kier alpha value is -1.23. The molecule has 0 aliphatic heterocycles. The average molecular weight is 195 g/mol. The number of carbonyl (C=O) groups excluding carboxylic acids is 1. The number of hydrogen-bond donors (Lipinski definition) is 0. The third-order valence-electron chi connectivity index (χ3n) is 2.91. The monoisotopic (exact) mass is 195 g/mol. The molecule has 1 heterocycles. The van der Waals surface area contributed by atoms with Crippen molar-refractivity contribution in [1.29, 1.82) is 0 Å². The van der Waals surface area contributed by atoms with E-state index < -0.39 is 5.60 Å². The summed E-state index contributed by atoms with van der Waals surface area (Å²) in [6.07, 6.45) is 4.13. The van der Waals surface area contributed by atoms with Crippen LogP contribution in [-0.4, -0.2) is 33.5 Å². The standard InChI is InChI=1S/C9H13N3O2/c1-12-7(6-10-11-12)8(13)9(14-2)4-3-5-9/h6H,3-5H2,1-2H3. The summed E-state index contributed by atoms with van der Waals surface area (Å²) in [6.45, 7) is 0. The molecule has 0 atom stereocenters. The molecule has 1 aromatic rings. The summed E-state index contributed by atoms with van der Waals surface area (Å²) in [5.74, 6) is -0.00116. The van der Waals surface area contributed by atoms with Crippen molar-refractivity contribution in [2.75, 3.05) is 7.11 Å². The van der Waals surface area contributed by atoms with Gasteiger partial charge in [0, 0.05) is 14.2 Å². The minimum Gasteiger partial charge on any atom is -0.370 e. The number of aromatic nitrogens is 3. The number of ketones is 1. The lowest BCUT2D eigenvalue weighted by Crippen LogP contribution is -2.47. The molecule has 0 amide bonds. The molecule has 0 saturated heterocycles. The van der Waals surface area contributed by atoms with Crippen LogP contribution in [0.3, 0.4) is 0 Å². The highest BCUT2D eigenvalue weighted by Crippen LogP contribution is 2.37. The molecule has 1 aromatic heterocycles. The molecule has 0 spiro atoms. The van der Waals surface area contributed by atoms with Gasteiger partial charge in [0.25, 0.3) is 0 Å². The van der Waals surface area contributed by atoms with Gasteiger partial charge in [0.15, 0.2) is 0 Å². The molecular weight excluding hydrogens is 182 g/mol. The molecular formula is C9H13N3O2. The zero-order valence-corrected chi connectivity index (χ0v) is 8.36. The Labute approximate surface area is 82.1 Å². The molecule has 14 heavy (non-hydrogen) atoms. The number of hydrogen-bond acceptors (Lipinski definition) is 4. The third-order valence-corrected chi connectivity index (χ3v) is 2.91. The first-order valence-electron chi connectivity index (χ1n) is 4.64. The lowest BCUT2D eigenvalue weighted by Gasteiger charge is -2.38. The van der Waals surface area contributed by atoms with Crippen molar-refractivity contribution >= 4 is 5.78 Å². The second-order valence-electron chi connectivity index (χ2n) is 3.62. The van der Waals surface area contributed by atoms with E-state index in [1.807, 2.05) is 0 Å². The second-order valence-corrected chi connectivity index (χ2v) is 3.62. The van der Waals surface area contributed by atoms with Gasteiger partial charge in [-0.2, -0.15) is 0 Å². The van der Waals surface area contributed by atoms with Crippen LogP contribution >= 0.6 is 0 Å². The Kier molecular flexibility index (Phi) is 2.11. The maximum absolute atomic E-state index is 12.0. The van der Waals surface area contributed by atoms with Crippen molar-refractivity contribution in [2.45, 2.75) is 24.9 Å². The number of ether oxygens (including phenoxy) is 1. The Bertz CT molecular complexity index is 349. The van der Waals surface area contributed by atoms with Gasteiger partial charge in [0.2, 0.25) is 5.78 Å². The zero-order chi connectivity index (χ0) is 10.2. The number of rotatable bonds is 3. The Balaban J connectivity index is 2.27. The molecule has 1 saturated carbocycles. The molecule has 0 bridgehead atoms. The van der Waals surface area contributed by atoms with Crippen LogP contribution < -0.4 is 0 Å². The molecule has 0 aromatic carbocycles. The summed E-state index contributed by atoms with van der Waals surface area (Å²) < 4.78 is 6.78. The van der Waals surface area contributed by atoms with Crippen molar-refractivity contribution in [3.63, 3.8) is 0 Å². The third kappa shape index (κ3) is 1.16. The van der Waals surface area contributed by atoms with Crippen molar-refractivity contribution in [3.8, 4) is 0 Å². The average Bonchev–Trinajstić information content (AvgIpc) is 2.50. The first kappa shape index (κ1) is 9.33. The fraction of sp³-hybridized carbons (Fsp3) is 0.667. The van der Waals surface area contributed by atoms with Gasteiger partial charge < -0.3 is 4.74 Å². The highest BCUT2D eigenvalue weighted by Gasteiger charge is 2.45. The summed E-state index contributed by atoms with van der Waals surface area (Å²) in [5.41, 5.74) is -0.0818. The van der Waals surface area contributed by atoms with Crippen LogP contribution in [0.15, 0.2) is 6.20 Å². The van der Waals surface area contributed by atoms with E-state index in [9.17, 15) is 4.79 Å². The fourth-order valence-electron chi connectivity index (χ4n) is 1.75. The van der Waals surface area contributed by atoms with E-state index in [-0.39, 0.29) is 5.78 Å². The molecule has 0 unspecified atom stereocenters. The topological polar surface area (TPSA) is 57.0 Å². The van der Waals surface area contributed by atoms with Gasteiger partial charge in [0.1, 0.15) is 11.3 Å². The van der Waals surface area contributed by atoms with E-state index in [4.69, 9.17) is 4.74 Å². The number of aryl methyl sites for hydroxylation is 1. The minimum absolute atomic E-state index is 0.00116. The van der Waals surface area contributed by atoms with Gasteiger partial charge in [-0.3, -0.25) is 4.79 Å². The van der Waals surface area contributed by atoms with Crippen LogP contribution in [0.2, 0.25) is 0 Å². The molecule has 0 radical (unpaired) electrons. The molecule has 0 N–H and O–H groups in total. The molecule has 76 valence electrons. The fourth-order valence-corrected chi connectivity index (χ4v) is 1.75. The largest absolute Gasteiger partial charge is 0.370 e. The highest BCUT2D eigenvalue weighted by atomic mass is 16.5. The van der Waals surface area contributed by atoms with Crippen molar-refractivity contribution in [3.05, 3.63) is 11.9 Å². The molecule has 5 heteroatoms. The van der Waals surface area contributed by atoms with E-state index in [0.29, 0.717) is 5.69 Å². The Morgan fingerprint density at radius 1 is 1.64 bits per heavy atom. The number of carbonyl (C=O) groups is 1. The van der Waals surface area contributed by atoms with E-state index in [1.54, 1.807) is 14.2 Å². The van der Waals surface area contributed by atoms with E-state index in [0.717, 1.165) is 19.3 Å². The Morgan fingerprint density at radius 2 is 2.36 bits per heavy atom. The summed E-state index contributed by atoms with van der Waals surface area (Å²) in [5, 5.41) is 7.42. The van der Waals surface area contributed by atoms with Crippen LogP contribution in [-0.2, 0) is 11.8 Å². The van der Waals surface area contributed by atoms with Gasteiger partial charge in [0.05, 0.1) is 6.20 Å². The minimum atomic E-state index is -0.602. The van der Waals surface area contributed by atoms with Crippen molar-refractivity contribution < 1.29 is 9.53 Å². The number of Topliss-reactive ketones (excluding diaryl/α,β-unsaturated/α-hetero) is 1. The molecule has 1 aliphatic rings. The molecule has 1 fully saturated rings. The predicted molar refractivity (Wildman–Crippen MR) is 48.9 cm³/mol. The molecule has 2 rings (SSSR count). The molecule has 1 aliphatic carbocycles. The SMILES string of the molecule is COC1(C(=O)c2cnnn2C)CCC1. The zero-order valence-electron chi connectivity index (χ0n) is 8.36. The van der Waals surface area contributed by atoms with Crippen LogP contribution in [0, 0.1) is 0 Å². The van der Waals surface area contributed by atoms with Crippen LogP contribution in [0.1, 0.15) is 29.8 Å². The van der Waals surface area contributed by atoms with Crippen LogP contribution in [0.5, 0.6) is 0 Å². The van der Waals surface area contributed by atoms with Crippen molar-refractivity contribution in [2.24, 2.45) is 7.05 Å². The lowest BCUT2D eigenvalue weighted by atomic mass is 9.76. The second kappa shape index (κ2) is 3.16. The quantitative estimate of drug-likeness (QED) is 0.661. The predicted octanol–water partition coefficient (Wildman–Crippen LogP) is 0.567. The van der Waals surface area contributed by atoms with Crippen molar-refractivity contribution in [1.82, 2.24) is 15.0 Å². The van der Waals surface area contributed by atoms with Gasteiger partial charge in [-0.1, -0.05) is 5.21 Å².